The van der Waals surface area contributed by atoms with Crippen LogP contribution in [0.15, 0.2) is 24.3 Å². The molecule has 1 aromatic rings. The minimum Gasteiger partial charge on any atom is -0.372 e. The summed E-state index contributed by atoms with van der Waals surface area (Å²) in [5.41, 5.74) is 1.68. The van der Waals surface area contributed by atoms with E-state index in [1.54, 1.807) is 0 Å². The first-order valence-electron chi connectivity index (χ1n) is 8.47. The van der Waals surface area contributed by atoms with E-state index < -0.39 is 0 Å². The highest BCUT2D eigenvalue weighted by Crippen LogP contribution is 2.19. The Labute approximate surface area is 143 Å². The Kier molecular flexibility index (Phi) is 6.20. The zero-order valence-electron chi connectivity index (χ0n) is 14.8. The van der Waals surface area contributed by atoms with Crippen molar-refractivity contribution >= 4 is 17.6 Å². The Hall–Kier alpha value is -2.08. The van der Waals surface area contributed by atoms with Crippen molar-refractivity contribution in [2.75, 3.05) is 18.4 Å². The van der Waals surface area contributed by atoms with Gasteiger partial charge in [0.2, 0.25) is 5.91 Å². The summed E-state index contributed by atoms with van der Waals surface area (Å²) in [7, 11) is 0. The highest BCUT2D eigenvalue weighted by atomic mass is 16.5. The number of amides is 3. The summed E-state index contributed by atoms with van der Waals surface area (Å²) in [6, 6.07) is 7.28. The van der Waals surface area contributed by atoms with E-state index in [0.29, 0.717) is 13.1 Å². The molecule has 0 spiro atoms. The van der Waals surface area contributed by atoms with Crippen molar-refractivity contribution in [2.24, 2.45) is 0 Å². The third-order valence-electron chi connectivity index (χ3n) is 4.12. The highest BCUT2D eigenvalue weighted by Gasteiger charge is 2.28. The molecule has 0 unspecified atom stereocenters. The van der Waals surface area contributed by atoms with Gasteiger partial charge in [-0.05, 0) is 38.0 Å². The standard InChI is InChI=1S/C18H27N3O3/c1-5-17-11-21(10-12(2)24-17)18(23)19-13(3)15-7-6-8-16(9-15)20-14(4)22/h6-9,12-13,17H,5,10-11H2,1-4H3,(H,19,23)(H,20,22)/t12-,13-,17-/m1/s1. The van der Waals surface area contributed by atoms with E-state index in [0.717, 1.165) is 17.7 Å². The van der Waals surface area contributed by atoms with E-state index in [4.69, 9.17) is 4.74 Å². The SMILES string of the molecule is CC[C@@H]1CN(C(=O)N[C@H](C)c2cccc(NC(C)=O)c2)C[C@@H](C)O1. The first-order valence-corrected chi connectivity index (χ1v) is 8.47. The molecule has 0 aliphatic carbocycles. The van der Waals surface area contributed by atoms with Crippen molar-refractivity contribution in [3.63, 3.8) is 0 Å². The lowest BCUT2D eigenvalue weighted by Crippen LogP contribution is -2.52. The van der Waals surface area contributed by atoms with Gasteiger partial charge in [0.25, 0.3) is 0 Å². The minimum atomic E-state index is -0.149. The second-order valence-electron chi connectivity index (χ2n) is 6.36. The van der Waals surface area contributed by atoms with Crippen LogP contribution >= 0.6 is 0 Å². The Bertz CT molecular complexity index is 591. The van der Waals surface area contributed by atoms with Crippen molar-refractivity contribution in [2.45, 2.75) is 52.4 Å². The van der Waals surface area contributed by atoms with Gasteiger partial charge in [0.05, 0.1) is 18.2 Å². The molecular formula is C18H27N3O3. The van der Waals surface area contributed by atoms with Crippen LogP contribution in [-0.4, -0.2) is 42.1 Å². The largest absolute Gasteiger partial charge is 0.372 e. The number of urea groups is 1. The Balaban J connectivity index is 1.99. The van der Waals surface area contributed by atoms with Gasteiger partial charge in [-0.1, -0.05) is 19.1 Å². The number of anilines is 1. The van der Waals surface area contributed by atoms with Crippen LogP contribution in [0.4, 0.5) is 10.5 Å². The topological polar surface area (TPSA) is 70.7 Å². The monoisotopic (exact) mass is 333 g/mol. The molecule has 0 saturated carbocycles. The summed E-state index contributed by atoms with van der Waals surface area (Å²) in [6.45, 7) is 8.68. The smallest absolute Gasteiger partial charge is 0.318 e. The maximum absolute atomic E-state index is 12.5. The lowest BCUT2D eigenvalue weighted by atomic mass is 10.1. The van der Waals surface area contributed by atoms with Crippen LogP contribution in [0.1, 0.15) is 45.7 Å². The van der Waals surface area contributed by atoms with Gasteiger partial charge in [0, 0.05) is 25.7 Å². The van der Waals surface area contributed by atoms with Crippen molar-refractivity contribution < 1.29 is 14.3 Å². The maximum Gasteiger partial charge on any atom is 0.318 e. The highest BCUT2D eigenvalue weighted by molar-refractivity contribution is 5.88. The summed E-state index contributed by atoms with van der Waals surface area (Å²) in [6.07, 6.45) is 1.04. The second kappa shape index (κ2) is 8.15. The molecule has 0 bridgehead atoms. The van der Waals surface area contributed by atoms with E-state index in [2.05, 4.69) is 17.6 Å². The van der Waals surface area contributed by atoms with Gasteiger partial charge in [-0.3, -0.25) is 4.79 Å². The van der Waals surface area contributed by atoms with Gasteiger partial charge < -0.3 is 20.3 Å². The number of benzene rings is 1. The summed E-state index contributed by atoms with van der Waals surface area (Å²) < 4.78 is 5.80. The maximum atomic E-state index is 12.5. The normalized spacial score (nSPS) is 21.9. The molecule has 2 N–H and O–H groups in total. The summed E-state index contributed by atoms with van der Waals surface area (Å²) in [5.74, 6) is -0.114. The van der Waals surface area contributed by atoms with Crippen LogP contribution in [-0.2, 0) is 9.53 Å². The third kappa shape index (κ3) is 4.96. The lowest BCUT2D eigenvalue weighted by Gasteiger charge is -2.37. The molecule has 1 fully saturated rings. The molecule has 132 valence electrons. The zero-order valence-corrected chi connectivity index (χ0v) is 14.8. The number of hydrogen-bond donors (Lipinski definition) is 2. The molecule has 6 heteroatoms. The number of carbonyl (C=O) groups is 2. The Morgan fingerprint density at radius 2 is 2.12 bits per heavy atom. The van der Waals surface area contributed by atoms with Gasteiger partial charge in [-0.15, -0.1) is 0 Å². The van der Waals surface area contributed by atoms with Crippen molar-refractivity contribution in [1.29, 1.82) is 0 Å². The Morgan fingerprint density at radius 3 is 2.79 bits per heavy atom. The first-order chi connectivity index (χ1) is 11.4. The van der Waals surface area contributed by atoms with E-state index in [1.165, 1.54) is 6.92 Å². The fourth-order valence-corrected chi connectivity index (χ4v) is 2.89. The number of nitrogens with one attached hydrogen (secondary N) is 2. The van der Waals surface area contributed by atoms with Crippen molar-refractivity contribution in [3.8, 4) is 0 Å². The van der Waals surface area contributed by atoms with Gasteiger partial charge in [-0.2, -0.15) is 0 Å². The van der Waals surface area contributed by atoms with E-state index in [9.17, 15) is 9.59 Å². The van der Waals surface area contributed by atoms with E-state index >= 15 is 0 Å². The molecule has 2 rings (SSSR count). The molecule has 6 nitrogen and oxygen atoms in total. The molecule has 24 heavy (non-hydrogen) atoms. The molecule has 1 saturated heterocycles. The number of ether oxygens (including phenoxy) is 1. The van der Waals surface area contributed by atoms with Crippen LogP contribution in [0.25, 0.3) is 0 Å². The predicted octanol–water partition coefficient (Wildman–Crippen LogP) is 2.91. The number of carbonyl (C=O) groups excluding carboxylic acids is 2. The van der Waals surface area contributed by atoms with Crippen molar-refractivity contribution in [1.82, 2.24) is 10.2 Å². The van der Waals surface area contributed by atoms with E-state index in [-0.39, 0.29) is 30.2 Å². The molecular weight excluding hydrogens is 306 g/mol. The zero-order chi connectivity index (χ0) is 17.7. The lowest BCUT2D eigenvalue weighted by molar-refractivity contribution is -0.114. The average Bonchev–Trinajstić information content (AvgIpc) is 2.53. The minimum absolute atomic E-state index is 0.0489. The number of hydrogen-bond acceptors (Lipinski definition) is 3. The molecule has 3 atom stereocenters. The molecule has 1 aromatic carbocycles. The molecule has 0 aromatic heterocycles. The number of nitrogens with zero attached hydrogens (tertiary/aromatic N) is 1. The fraction of sp³-hybridized carbons (Fsp3) is 0.556. The number of rotatable bonds is 4. The molecule has 1 aliphatic heterocycles. The van der Waals surface area contributed by atoms with Crippen LogP contribution in [0.2, 0.25) is 0 Å². The number of morpholine rings is 1. The van der Waals surface area contributed by atoms with E-state index in [1.807, 2.05) is 43.0 Å². The van der Waals surface area contributed by atoms with Gasteiger partial charge in [-0.25, -0.2) is 4.79 Å². The second-order valence-corrected chi connectivity index (χ2v) is 6.36. The van der Waals surface area contributed by atoms with Crippen molar-refractivity contribution in [3.05, 3.63) is 29.8 Å². The Morgan fingerprint density at radius 1 is 1.38 bits per heavy atom. The third-order valence-corrected chi connectivity index (χ3v) is 4.12. The quantitative estimate of drug-likeness (QED) is 0.890. The predicted molar refractivity (Wildman–Crippen MR) is 93.9 cm³/mol. The first kappa shape index (κ1) is 18.3. The van der Waals surface area contributed by atoms with Crippen LogP contribution in [0, 0.1) is 0 Å². The summed E-state index contributed by atoms with van der Waals surface area (Å²) in [4.78, 5) is 25.5. The van der Waals surface area contributed by atoms with Crippen LogP contribution in [0.5, 0.6) is 0 Å². The molecule has 1 aliphatic rings. The molecule has 1 heterocycles. The molecule has 0 radical (unpaired) electrons. The van der Waals surface area contributed by atoms with Gasteiger partial charge in [0.1, 0.15) is 0 Å². The summed E-state index contributed by atoms with van der Waals surface area (Å²) >= 11 is 0. The fourth-order valence-electron chi connectivity index (χ4n) is 2.89. The van der Waals surface area contributed by atoms with Gasteiger partial charge in [0.15, 0.2) is 0 Å². The summed E-state index contributed by atoms with van der Waals surface area (Å²) in [5, 5.41) is 5.79. The van der Waals surface area contributed by atoms with Gasteiger partial charge >= 0.3 is 6.03 Å². The molecule has 3 amide bonds. The van der Waals surface area contributed by atoms with Crippen LogP contribution < -0.4 is 10.6 Å². The average molecular weight is 333 g/mol. The van der Waals surface area contributed by atoms with Crippen LogP contribution in [0.3, 0.4) is 0 Å².